The number of carbonyl (C=O) groups excluding carboxylic acids is 2. The van der Waals surface area contributed by atoms with Crippen LogP contribution in [0.15, 0.2) is 0 Å². The maximum absolute atomic E-state index is 12.4. The number of hydrogen-bond acceptors (Lipinski definition) is 3. The monoisotopic (exact) mass is 329 g/mol. The summed E-state index contributed by atoms with van der Waals surface area (Å²) in [7, 11) is 1.55. The molecular formula is C14H20BrNO3. The largest absolute Gasteiger partial charge is 0.455 e. The molecule has 4 bridgehead atoms. The zero-order valence-electron chi connectivity index (χ0n) is 11.2. The van der Waals surface area contributed by atoms with E-state index in [0.717, 1.165) is 19.3 Å². The first kappa shape index (κ1) is 13.4. The summed E-state index contributed by atoms with van der Waals surface area (Å²) in [4.78, 5) is 23.6. The summed E-state index contributed by atoms with van der Waals surface area (Å²) in [6.07, 6.45) is 6.41. The van der Waals surface area contributed by atoms with Gasteiger partial charge in [0, 0.05) is 11.4 Å². The van der Waals surface area contributed by atoms with Crippen molar-refractivity contribution in [3.8, 4) is 0 Å². The number of rotatable bonds is 3. The molecule has 1 amide bonds. The first-order valence-electron chi connectivity index (χ1n) is 7.01. The third-order valence-corrected chi connectivity index (χ3v) is 5.96. The Morgan fingerprint density at radius 2 is 1.89 bits per heavy atom. The van der Waals surface area contributed by atoms with Crippen LogP contribution in [0.1, 0.15) is 38.5 Å². The van der Waals surface area contributed by atoms with Gasteiger partial charge in [0.05, 0.1) is 5.41 Å². The van der Waals surface area contributed by atoms with E-state index in [2.05, 4.69) is 21.2 Å². The predicted octanol–water partition coefficient (Wildman–Crippen LogP) is 2.01. The topological polar surface area (TPSA) is 55.4 Å². The smallest absolute Gasteiger partial charge is 0.312 e. The molecule has 0 saturated heterocycles. The Bertz CT molecular complexity index is 409. The van der Waals surface area contributed by atoms with E-state index in [1.807, 2.05) is 0 Å². The minimum atomic E-state index is -0.332. The molecule has 0 aromatic rings. The third-order valence-electron chi connectivity index (χ3n) is 5.04. The molecule has 2 unspecified atom stereocenters. The summed E-state index contributed by atoms with van der Waals surface area (Å²) < 4.78 is 5.39. The highest BCUT2D eigenvalue weighted by molar-refractivity contribution is 9.10. The molecule has 106 valence electrons. The molecule has 4 nitrogen and oxygen atoms in total. The van der Waals surface area contributed by atoms with Gasteiger partial charge in [-0.2, -0.15) is 0 Å². The second kappa shape index (κ2) is 4.47. The summed E-state index contributed by atoms with van der Waals surface area (Å²) in [5, 5.41) is 2.48. The molecule has 0 aromatic carbocycles. The predicted molar refractivity (Wildman–Crippen MR) is 73.8 cm³/mol. The normalized spacial score (nSPS) is 43.1. The van der Waals surface area contributed by atoms with Crippen molar-refractivity contribution in [2.75, 3.05) is 13.7 Å². The molecule has 2 atom stereocenters. The summed E-state index contributed by atoms with van der Waals surface area (Å²) in [6, 6.07) is 0. The Balaban J connectivity index is 1.73. The molecule has 0 radical (unpaired) electrons. The van der Waals surface area contributed by atoms with Crippen molar-refractivity contribution in [1.29, 1.82) is 0 Å². The van der Waals surface area contributed by atoms with Crippen LogP contribution in [-0.4, -0.2) is 29.9 Å². The van der Waals surface area contributed by atoms with E-state index in [0.29, 0.717) is 11.8 Å². The molecule has 5 heteroatoms. The van der Waals surface area contributed by atoms with Crippen LogP contribution < -0.4 is 5.32 Å². The highest BCUT2D eigenvalue weighted by Crippen LogP contribution is 2.64. The van der Waals surface area contributed by atoms with Crippen molar-refractivity contribution in [3.63, 3.8) is 0 Å². The fourth-order valence-electron chi connectivity index (χ4n) is 4.75. The summed E-state index contributed by atoms with van der Waals surface area (Å²) >= 11 is 3.87. The number of ether oxygens (including phenoxy) is 1. The minimum absolute atomic E-state index is 0.142. The van der Waals surface area contributed by atoms with E-state index in [-0.39, 0.29) is 28.2 Å². The first-order chi connectivity index (χ1) is 8.95. The number of carbonyl (C=O) groups is 2. The SMILES string of the molecule is CNC(=O)COC(=O)C12CC3CC(CC(Br)(C3)C1)C2. The maximum Gasteiger partial charge on any atom is 0.312 e. The van der Waals surface area contributed by atoms with Gasteiger partial charge in [0.2, 0.25) is 0 Å². The van der Waals surface area contributed by atoms with Gasteiger partial charge in [0.25, 0.3) is 5.91 Å². The van der Waals surface area contributed by atoms with E-state index in [1.54, 1.807) is 7.05 Å². The maximum atomic E-state index is 12.4. The van der Waals surface area contributed by atoms with Crippen molar-refractivity contribution in [2.24, 2.45) is 17.3 Å². The Labute approximate surface area is 121 Å². The molecular weight excluding hydrogens is 310 g/mol. The zero-order valence-corrected chi connectivity index (χ0v) is 12.8. The van der Waals surface area contributed by atoms with Crippen LogP contribution in [-0.2, 0) is 14.3 Å². The van der Waals surface area contributed by atoms with Crippen molar-refractivity contribution in [1.82, 2.24) is 5.32 Å². The Hall–Kier alpha value is -0.580. The highest BCUT2D eigenvalue weighted by atomic mass is 79.9. The zero-order chi connectivity index (χ0) is 13.7. The van der Waals surface area contributed by atoms with Crippen LogP contribution in [0.2, 0.25) is 0 Å². The van der Waals surface area contributed by atoms with Crippen molar-refractivity contribution < 1.29 is 14.3 Å². The second-order valence-corrected chi connectivity index (χ2v) is 8.32. The van der Waals surface area contributed by atoms with Gasteiger partial charge in [-0.3, -0.25) is 9.59 Å². The Kier molecular flexibility index (Phi) is 3.15. The Morgan fingerprint density at radius 1 is 1.26 bits per heavy atom. The minimum Gasteiger partial charge on any atom is -0.455 e. The lowest BCUT2D eigenvalue weighted by molar-refractivity contribution is -0.171. The number of halogens is 1. The summed E-state index contributed by atoms with van der Waals surface area (Å²) in [6.45, 7) is -0.151. The molecule has 1 N–H and O–H groups in total. The van der Waals surface area contributed by atoms with Gasteiger partial charge in [-0.15, -0.1) is 0 Å². The van der Waals surface area contributed by atoms with Gasteiger partial charge in [-0.05, 0) is 50.4 Å². The van der Waals surface area contributed by atoms with Crippen molar-refractivity contribution >= 4 is 27.8 Å². The first-order valence-corrected chi connectivity index (χ1v) is 7.81. The number of nitrogens with one attached hydrogen (secondary N) is 1. The molecule has 0 spiro atoms. The van der Waals surface area contributed by atoms with Crippen LogP contribution in [0.4, 0.5) is 0 Å². The number of amides is 1. The molecule has 4 fully saturated rings. The van der Waals surface area contributed by atoms with Crippen molar-refractivity contribution in [3.05, 3.63) is 0 Å². The fraction of sp³-hybridized carbons (Fsp3) is 0.857. The fourth-order valence-corrected chi connectivity index (χ4v) is 6.20. The van der Waals surface area contributed by atoms with Crippen LogP contribution >= 0.6 is 15.9 Å². The number of likely N-dealkylation sites (N-methyl/N-ethyl adjacent to an activating group) is 1. The van der Waals surface area contributed by atoms with E-state index in [1.165, 1.54) is 19.3 Å². The van der Waals surface area contributed by atoms with E-state index in [4.69, 9.17) is 4.74 Å². The highest BCUT2D eigenvalue weighted by Gasteiger charge is 2.60. The molecule has 0 aliphatic heterocycles. The van der Waals surface area contributed by atoms with Crippen LogP contribution in [0.5, 0.6) is 0 Å². The Morgan fingerprint density at radius 3 is 2.42 bits per heavy atom. The van der Waals surface area contributed by atoms with Gasteiger partial charge in [0.1, 0.15) is 0 Å². The molecule has 4 aliphatic rings. The molecule has 4 rings (SSSR count). The summed E-state index contributed by atoms with van der Waals surface area (Å²) in [5.41, 5.74) is -0.332. The van der Waals surface area contributed by atoms with Gasteiger partial charge in [0.15, 0.2) is 6.61 Å². The molecule has 0 aromatic heterocycles. The standard InChI is InChI=1S/C14H20BrNO3/c1-16-11(17)7-19-12(18)13-3-9-2-10(4-13)6-14(15,5-9)8-13/h9-10H,2-8H2,1H3,(H,16,17). The van der Waals surface area contributed by atoms with Gasteiger partial charge in [-0.1, -0.05) is 15.9 Å². The number of alkyl halides is 1. The van der Waals surface area contributed by atoms with Crippen LogP contribution in [0.25, 0.3) is 0 Å². The average Bonchev–Trinajstić information content (AvgIpc) is 2.32. The quantitative estimate of drug-likeness (QED) is 0.636. The lowest BCUT2D eigenvalue weighted by Crippen LogP contribution is -2.56. The van der Waals surface area contributed by atoms with Gasteiger partial charge in [-0.25, -0.2) is 0 Å². The molecule has 19 heavy (non-hydrogen) atoms. The lowest BCUT2D eigenvalue weighted by Gasteiger charge is -2.58. The van der Waals surface area contributed by atoms with Crippen molar-refractivity contribution in [2.45, 2.75) is 42.8 Å². The molecule has 0 heterocycles. The van der Waals surface area contributed by atoms with Gasteiger partial charge >= 0.3 is 5.97 Å². The molecule has 4 aliphatic carbocycles. The van der Waals surface area contributed by atoms with E-state index in [9.17, 15) is 9.59 Å². The lowest BCUT2D eigenvalue weighted by atomic mass is 9.49. The van der Waals surface area contributed by atoms with Crippen LogP contribution in [0, 0.1) is 17.3 Å². The second-order valence-electron chi connectivity index (χ2n) is 6.64. The molecule has 4 saturated carbocycles. The van der Waals surface area contributed by atoms with E-state index >= 15 is 0 Å². The third kappa shape index (κ3) is 2.30. The number of hydrogen-bond donors (Lipinski definition) is 1. The summed E-state index contributed by atoms with van der Waals surface area (Å²) in [5.74, 6) is 0.891. The van der Waals surface area contributed by atoms with E-state index < -0.39 is 0 Å². The average molecular weight is 330 g/mol. The number of esters is 1. The van der Waals surface area contributed by atoms with Gasteiger partial charge < -0.3 is 10.1 Å². The van der Waals surface area contributed by atoms with Crippen LogP contribution in [0.3, 0.4) is 0 Å².